The van der Waals surface area contributed by atoms with Gasteiger partial charge >= 0.3 is 5.97 Å². The average Bonchev–Trinajstić information content (AvgIpc) is 2.89. The van der Waals surface area contributed by atoms with E-state index in [1.165, 1.54) is 36.2 Å². The summed E-state index contributed by atoms with van der Waals surface area (Å²) in [6.45, 7) is -0.481. The molecule has 1 aromatic carbocycles. The molecule has 0 spiro atoms. The maximum atomic E-state index is 13.0. The Morgan fingerprint density at radius 2 is 1.07 bits per heavy atom. The van der Waals surface area contributed by atoms with Crippen LogP contribution in [-0.4, -0.2) is 151 Å². The molecule has 0 radical (unpaired) electrons. The third kappa shape index (κ3) is 13.0. The van der Waals surface area contributed by atoms with E-state index in [1.807, 2.05) is 0 Å². The van der Waals surface area contributed by atoms with E-state index in [0.717, 1.165) is 4.90 Å². The molecule has 1 fully saturated rings. The first-order chi connectivity index (χ1) is 19.8. The van der Waals surface area contributed by atoms with E-state index in [1.54, 1.807) is 14.7 Å². The molecule has 1 aliphatic rings. The van der Waals surface area contributed by atoms with Gasteiger partial charge in [0, 0.05) is 91.2 Å². The van der Waals surface area contributed by atoms with E-state index in [2.05, 4.69) is 0 Å². The van der Waals surface area contributed by atoms with Gasteiger partial charge in [-0.1, -0.05) is 0 Å². The zero-order chi connectivity index (χ0) is 31.2. The first-order valence-corrected chi connectivity index (χ1v) is 13.0. The van der Waals surface area contributed by atoms with Crippen LogP contribution in [0.1, 0.15) is 0 Å². The molecule has 1 saturated heterocycles. The van der Waals surface area contributed by atoms with Crippen LogP contribution < -0.4 is 20.1 Å². The van der Waals surface area contributed by atoms with Crippen LogP contribution in [-0.2, 0) is 24.0 Å². The summed E-state index contributed by atoms with van der Waals surface area (Å²) in [5.41, 5.74) is -0.181. The van der Waals surface area contributed by atoms with Crippen molar-refractivity contribution in [2.75, 3.05) is 92.1 Å². The Kier molecular flexibility index (Phi) is 13.7. The van der Waals surface area contributed by atoms with Crippen LogP contribution in [0.15, 0.2) is 24.3 Å². The molecular weight excluding hydrogens is 560 g/mol. The van der Waals surface area contributed by atoms with Crippen molar-refractivity contribution in [3.05, 3.63) is 34.4 Å². The molecule has 42 heavy (non-hydrogen) atoms. The van der Waals surface area contributed by atoms with Crippen LogP contribution in [0.3, 0.4) is 0 Å². The number of carboxylic acids is 3. The smallest absolute Gasteiger partial charge is 0.331 e. The second-order valence-electron chi connectivity index (χ2n) is 9.70. The second kappa shape index (κ2) is 16.9. The number of non-ortho nitro benzene ring substituents is 1. The lowest BCUT2D eigenvalue weighted by molar-refractivity contribution is -0.384. The van der Waals surface area contributed by atoms with Gasteiger partial charge in [-0.15, -0.1) is 0 Å². The number of nitro benzene ring substituents is 1. The topological polar surface area (TPSA) is 223 Å². The number of nitrogens with zero attached hydrogens (tertiary/aromatic N) is 6. The van der Waals surface area contributed by atoms with Crippen molar-refractivity contribution < 1.29 is 49.0 Å². The number of carbonyl (C=O) groups is 5. The third-order valence-corrected chi connectivity index (χ3v) is 6.42. The summed E-state index contributed by atoms with van der Waals surface area (Å²) in [4.78, 5) is 76.6. The third-order valence-electron chi connectivity index (χ3n) is 6.42. The van der Waals surface area contributed by atoms with Gasteiger partial charge in [-0.2, -0.15) is 0 Å². The molecule has 0 aromatic heterocycles. The van der Waals surface area contributed by atoms with E-state index in [9.17, 15) is 49.4 Å². The number of ether oxygens (including phenoxy) is 1. The molecule has 0 N–H and O–H groups in total. The first-order valence-electron chi connectivity index (χ1n) is 13.0. The van der Waals surface area contributed by atoms with Crippen molar-refractivity contribution >= 4 is 35.5 Å². The summed E-state index contributed by atoms with van der Waals surface area (Å²) in [6, 6.07) is 4.84. The lowest BCUT2D eigenvalue weighted by Gasteiger charge is -2.34. The highest BCUT2D eigenvalue weighted by molar-refractivity contribution is 5.84. The summed E-state index contributed by atoms with van der Waals surface area (Å²) < 4.78 is 5.14. The number of hydrogen-bond donors (Lipinski definition) is 0. The van der Waals surface area contributed by atoms with E-state index < -0.39 is 60.9 Å². The predicted molar refractivity (Wildman–Crippen MR) is 137 cm³/mol. The molecule has 0 aliphatic carbocycles. The molecule has 2 rings (SSSR count). The maximum Gasteiger partial charge on any atom is 0.331 e. The highest BCUT2D eigenvalue weighted by Gasteiger charge is 2.21. The molecule has 17 heteroatoms. The van der Waals surface area contributed by atoms with Crippen molar-refractivity contribution in [2.24, 2.45) is 0 Å². The van der Waals surface area contributed by atoms with Crippen molar-refractivity contribution in [1.82, 2.24) is 24.5 Å². The molecule has 1 aromatic rings. The second-order valence-corrected chi connectivity index (χ2v) is 9.70. The van der Waals surface area contributed by atoms with Crippen LogP contribution in [0.25, 0.3) is 0 Å². The minimum atomic E-state index is -1.33. The fraction of sp³-hybridized carbons (Fsp3) is 0.560. The van der Waals surface area contributed by atoms with Crippen LogP contribution >= 0.6 is 0 Å². The van der Waals surface area contributed by atoms with Gasteiger partial charge in [0.05, 0.1) is 29.4 Å². The Morgan fingerprint density at radius 3 is 1.40 bits per heavy atom. The Balaban J connectivity index is 2.06. The van der Waals surface area contributed by atoms with Gasteiger partial charge < -0.3 is 39.3 Å². The summed E-state index contributed by atoms with van der Waals surface area (Å²) in [6.07, 6.45) is 0. The van der Waals surface area contributed by atoms with E-state index in [0.29, 0.717) is 0 Å². The van der Waals surface area contributed by atoms with Crippen LogP contribution in [0.5, 0.6) is 5.75 Å². The molecule has 1 amide bonds. The number of esters is 1. The fourth-order valence-electron chi connectivity index (χ4n) is 4.15. The quantitative estimate of drug-likeness (QED) is 0.0953. The molecule has 0 bridgehead atoms. The monoisotopic (exact) mass is 593 g/mol. The van der Waals surface area contributed by atoms with E-state index >= 15 is 0 Å². The summed E-state index contributed by atoms with van der Waals surface area (Å²) in [7, 11) is 1.38. The standard InChI is InChI=1S/C25H36N6O11/c1-26(18-25(39)42-20-4-2-19(3-5-20)31(40)41)21(32)14-27-6-8-28(15-22(33)34)10-12-30(17-24(37)38)13-11-29(9-7-27)16-23(35)36/h2-5H,6-18H2,1H3,(H,33,34)(H,35,36)(H,37,38)/p-3. The van der Waals surface area contributed by atoms with Crippen molar-refractivity contribution in [3.8, 4) is 5.75 Å². The number of benzene rings is 1. The number of rotatable bonds is 12. The molecule has 1 heterocycles. The van der Waals surface area contributed by atoms with Crippen LogP contribution in [0.2, 0.25) is 0 Å². The number of carboxylic acid groups (broad SMARTS) is 3. The van der Waals surface area contributed by atoms with Gasteiger partial charge in [-0.25, -0.2) is 4.79 Å². The van der Waals surface area contributed by atoms with E-state index in [-0.39, 0.29) is 70.3 Å². The van der Waals surface area contributed by atoms with Gasteiger partial charge in [0.25, 0.3) is 5.69 Å². The molecule has 232 valence electrons. The minimum absolute atomic E-state index is 0.0636. The lowest BCUT2D eigenvalue weighted by Crippen LogP contribution is -2.52. The Labute approximate surface area is 241 Å². The Hall–Kier alpha value is -4.19. The van der Waals surface area contributed by atoms with Gasteiger partial charge in [-0.3, -0.25) is 34.5 Å². The number of likely N-dealkylation sites (N-methyl/N-ethyl adjacent to an activating group) is 1. The van der Waals surface area contributed by atoms with Crippen LogP contribution in [0, 0.1) is 10.1 Å². The minimum Gasteiger partial charge on any atom is -0.549 e. The molecule has 1 aliphatic heterocycles. The predicted octanol–water partition coefficient (Wildman–Crippen LogP) is -5.57. The number of aliphatic carboxylic acids is 3. The largest absolute Gasteiger partial charge is 0.549 e. The Morgan fingerprint density at radius 1 is 0.714 bits per heavy atom. The zero-order valence-corrected chi connectivity index (χ0v) is 23.2. The number of nitro groups is 1. The van der Waals surface area contributed by atoms with Gasteiger partial charge in [0.2, 0.25) is 5.91 Å². The normalized spacial score (nSPS) is 16.5. The molecule has 0 unspecified atom stereocenters. The van der Waals surface area contributed by atoms with Crippen molar-refractivity contribution in [1.29, 1.82) is 0 Å². The lowest BCUT2D eigenvalue weighted by atomic mass is 10.3. The zero-order valence-electron chi connectivity index (χ0n) is 23.2. The van der Waals surface area contributed by atoms with E-state index in [4.69, 9.17) is 4.74 Å². The molecule has 0 saturated carbocycles. The summed E-state index contributed by atoms with van der Waals surface area (Å²) in [5, 5.41) is 44.5. The Bertz CT molecular complexity index is 1080. The fourth-order valence-corrected chi connectivity index (χ4v) is 4.15. The molecule has 0 atom stereocenters. The molecular formula is C25H33N6O11-3. The molecule has 17 nitrogen and oxygen atoms in total. The van der Waals surface area contributed by atoms with Gasteiger partial charge in [0.1, 0.15) is 12.3 Å². The summed E-state index contributed by atoms with van der Waals surface area (Å²) >= 11 is 0. The SMILES string of the molecule is CN(CC(=O)Oc1ccc([N+](=O)[O-])cc1)C(=O)CN1CCN(CC(=O)[O-])CCN(CC(=O)[O-])CCN(CC(=O)[O-])CC1. The number of carbonyl (C=O) groups excluding carboxylic acids is 5. The maximum absolute atomic E-state index is 13.0. The number of amides is 1. The average molecular weight is 594 g/mol. The van der Waals surface area contributed by atoms with Crippen LogP contribution in [0.4, 0.5) is 5.69 Å². The van der Waals surface area contributed by atoms with Crippen molar-refractivity contribution in [3.63, 3.8) is 0 Å². The van der Waals surface area contributed by atoms with Gasteiger partial charge in [-0.05, 0) is 12.1 Å². The number of hydrogen-bond acceptors (Lipinski definition) is 15. The highest BCUT2D eigenvalue weighted by atomic mass is 16.6. The highest BCUT2D eigenvalue weighted by Crippen LogP contribution is 2.17. The van der Waals surface area contributed by atoms with Gasteiger partial charge in [0.15, 0.2) is 0 Å². The van der Waals surface area contributed by atoms with Crippen molar-refractivity contribution in [2.45, 2.75) is 0 Å². The summed E-state index contributed by atoms with van der Waals surface area (Å²) in [5.74, 6) is -5.18. The first kappa shape index (κ1) is 34.0.